The Morgan fingerprint density at radius 2 is 2.11 bits per heavy atom. The van der Waals surface area contributed by atoms with Gasteiger partial charge in [0, 0.05) is 30.3 Å². The molecule has 7 heteroatoms. The molecule has 140 valence electrons. The van der Waals surface area contributed by atoms with Gasteiger partial charge in [0.25, 0.3) is 5.91 Å². The number of nitrogens with one attached hydrogen (secondary N) is 1. The fraction of sp³-hybridized carbons (Fsp3) is 0.250. The van der Waals surface area contributed by atoms with E-state index in [9.17, 15) is 9.18 Å². The monoisotopic (exact) mass is 369 g/mol. The molecule has 0 spiro atoms. The molecule has 6 nitrogen and oxygen atoms in total. The molecule has 0 unspecified atom stereocenters. The van der Waals surface area contributed by atoms with E-state index in [-0.39, 0.29) is 18.4 Å². The predicted molar refractivity (Wildman–Crippen MR) is 97.2 cm³/mol. The molecule has 0 aliphatic heterocycles. The van der Waals surface area contributed by atoms with Crippen LogP contribution in [0, 0.1) is 12.7 Å². The van der Waals surface area contributed by atoms with Gasteiger partial charge in [0.2, 0.25) is 5.88 Å². The Bertz CT molecular complexity index is 953. The van der Waals surface area contributed by atoms with Crippen LogP contribution in [0.25, 0.3) is 0 Å². The second kappa shape index (κ2) is 7.99. The number of ether oxygens (including phenoxy) is 1. The van der Waals surface area contributed by atoms with Crippen LogP contribution in [0.2, 0.25) is 0 Å². The molecule has 0 aliphatic carbocycles. The van der Waals surface area contributed by atoms with Crippen molar-refractivity contribution in [2.24, 2.45) is 0 Å². The molecule has 27 heavy (non-hydrogen) atoms. The number of benzene rings is 1. The summed E-state index contributed by atoms with van der Waals surface area (Å²) in [5, 5.41) is 6.73. The van der Waals surface area contributed by atoms with Gasteiger partial charge in [-0.15, -0.1) is 0 Å². The van der Waals surface area contributed by atoms with E-state index in [1.165, 1.54) is 12.1 Å². The van der Waals surface area contributed by atoms with Crippen LogP contribution >= 0.6 is 0 Å². The molecule has 0 aliphatic rings. The minimum atomic E-state index is -0.401. The van der Waals surface area contributed by atoms with Gasteiger partial charge in [-0.1, -0.05) is 31.1 Å². The van der Waals surface area contributed by atoms with E-state index >= 15 is 0 Å². The Morgan fingerprint density at radius 3 is 2.85 bits per heavy atom. The molecule has 0 bridgehead atoms. The highest BCUT2D eigenvalue weighted by Gasteiger charge is 2.22. The molecule has 3 rings (SSSR count). The van der Waals surface area contributed by atoms with Crippen molar-refractivity contribution in [3.63, 3.8) is 0 Å². The van der Waals surface area contributed by atoms with Crippen molar-refractivity contribution in [1.29, 1.82) is 0 Å². The van der Waals surface area contributed by atoms with E-state index in [0.717, 1.165) is 0 Å². The van der Waals surface area contributed by atoms with Gasteiger partial charge in [-0.3, -0.25) is 4.79 Å². The number of rotatable bonds is 6. The van der Waals surface area contributed by atoms with Gasteiger partial charge in [0.15, 0.2) is 5.76 Å². The summed E-state index contributed by atoms with van der Waals surface area (Å²) in [5.74, 6) is 0.540. The van der Waals surface area contributed by atoms with Crippen LogP contribution < -0.4 is 10.1 Å². The number of amides is 1. The zero-order valence-electron chi connectivity index (χ0n) is 15.3. The van der Waals surface area contributed by atoms with Crippen molar-refractivity contribution in [3.8, 4) is 11.6 Å². The van der Waals surface area contributed by atoms with Gasteiger partial charge in [0.05, 0.1) is 5.69 Å². The second-order valence-corrected chi connectivity index (χ2v) is 6.37. The van der Waals surface area contributed by atoms with E-state index < -0.39 is 5.82 Å². The average molecular weight is 369 g/mol. The van der Waals surface area contributed by atoms with Gasteiger partial charge in [-0.25, -0.2) is 9.37 Å². The first kappa shape index (κ1) is 18.6. The predicted octanol–water partition coefficient (Wildman–Crippen LogP) is 4.36. The second-order valence-electron chi connectivity index (χ2n) is 6.37. The highest BCUT2D eigenvalue weighted by atomic mass is 19.1. The van der Waals surface area contributed by atoms with E-state index in [4.69, 9.17) is 9.26 Å². The summed E-state index contributed by atoms with van der Waals surface area (Å²) in [7, 11) is 0. The highest BCUT2D eigenvalue weighted by Crippen LogP contribution is 2.25. The molecule has 0 saturated heterocycles. The molecule has 0 fully saturated rings. The number of aryl methyl sites for hydroxylation is 1. The van der Waals surface area contributed by atoms with Crippen LogP contribution in [0.4, 0.5) is 4.39 Å². The molecule has 3 aromatic rings. The normalized spacial score (nSPS) is 10.9. The highest BCUT2D eigenvalue weighted by molar-refractivity contribution is 5.96. The van der Waals surface area contributed by atoms with Crippen molar-refractivity contribution >= 4 is 5.91 Å². The number of hydrogen-bond donors (Lipinski definition) is 1. The fourth-order valence-corrected chi connectivity index (χ4v) is 2.61. The van der Waals surface area contributed by atoms with Crippen molar-refractivity contribution in [1.82, 2.24) is 15.5 Å². The molecule has 2 heterocycles. The lowest BCUT2D eigenvalue weighted by atomic mass is 10.0. The zero-order chi connectivity index (χ0) is 19.4. The van der Waals surface area contributed by atoms with Crippen molar-refractivity contribution in [3.05, 3.63) is 71.0 Å². The molecule has 1 amide bonds. The maximum Gasteiger partial charge on any atom is 0.257 e. The van der Waals surface area contributed by atoms with Crippen molar-refractivity contribution < 1.29 is 18.4 Å². The first-order valence-electron chi connectivity index (χ1n) is 8.57. The Labute approximate surface area is 156 Å². The number of pyridine rings is 1. The Hall–Kier alpha value is -3.22. The van der Waals surface area contributed by atoms with E-state index in [1.54, 1.807) is 37.4 Å². The van der Waals surface area contributed by atoms with E-state index in [1.807, 2.05) is 13.8 Å². The maximum absolute atomic E-state index is 13.4. The first-order chi connectivity index (χ1) is 13.0. The lowest BCUT2D eigenvalue weighted by molar-refractivity contribution is 0.0947. The SMILES string of the molecule is Cc1noc(C(C)C)c1C(=O)NCc1cccnc1Oc1cccc(F)c1. The summed E-state index contributed by atoms with van der Waals surface area (Å²) >= 11 is 0. The first-order valence-corrected chi connectivity index (χ1v) is 8.57. The van der Waals surface area contributed by atoms with Gasteiger partial charge < -0.3 is 14.6 Å². The molecule has 0 saturated carbocycles. The van der Waals surface area contributed by atoms with E-state index in [2.05, 4.69) is 15.5 Å². The third kappa shape index (κ3) is 4.31. The summed E-state index contributed by atoms with van der Waals surface area (Å²) in [4.78, 5) is 16.8. The molecule has 0 atom stereocenters. The summed E-state index contributed by atoms with van der Waals surface area (Å²) in [5.41, 5.74) is 1.65. The van der Waals surface area contributed by atoms with Crippen LogP contribution in [-0.4, -0.2) is 16.0 Å². The van der Waals surface area contributed by atoms with Crippen LogP contribution in [-0.2, 0) is 6.54 Å². The smallest absolute Gasteiger partial charge is 0.257 e. The zero-order valence-corrected chi connectivity index (χ0v) is 15.3. The lowest BCUT2D eigenvalue weighted by Gasteiger charge is -2.11. The molecular formula is C20H20FN3O3. The van der Waals surface area contributed by atoms with E-state index in [0.29, 0.717) is 34.2 Å². The number of carbonyl (C=O) groups is 1. The summed E-state index contributed by atoms with van der Waals surface area (Å²) in [6, 6.07) is 9.31. The Kier molecular flexibility index (Phi) is 5.49. The van der Waals surface area contributed by atoms with Crippen molar-refractivity contribution in [2.75, 3.05) is 0 Å². The molecular weight excluding hydrogens is 349 g/mol. The topological polar surface area (TPSA) is 77.3 Å². The minimum absolute atomic E-state index is 0.0391. The fourth-order valence-electron chi connectivity index (χ4n) is 2.61. The minimum Gasteiger partial charge on any atom is -0.439 e. The number of halogens is 1. The van der Waals surface area contributed by atoms with Crippen LogP contribution in [0.3, 0.4) is 0 Å². The van der Waals surface area contributed by atoms with Crippen LogP contribution in [0.1, 0.15) is 47.1 Å². The third-order valence-corrected chi connectivity index (χ3v) is 3.94. The number of nitrogens with zero attached hydrogens (tertiary/aromatic N) is 2. The maximum atomic E-state index is 13.4. The number of carbonyl (C=O) groups excluding carboxylic acids is 1. The van der Waals surface area contributed by atoms with Gasteiger partial charge in [-0.05, 0) is 25.1 Å². The molecule has 2 aromatic heterocycles. The summed E-state index contributed by atoms with van der Waals surface area (Å²) in [6.07, 6.45) is 1.57. The van der Waals surface area contributed by atoms with Gasteiger partial charge >= 0.3 is 0 Å². The number of aromatic nitrogens is 2. The standard InChI is InChI=1S/C20H20FN3O3/c1-12(2)18-17(13(3)24-27-18)19(25)23-11-14-6-5-9-22-20(14)26-16-8-4-7-15(21)10-16/h4-10,12H,11H2,1-3H3,(H,23,25). The molecule has 0 radical (unpaired) electrons. The lowest BCUT2D eigenvalue weighted by Crippen LogP contribution is -2.24. The average Bonchev–Trinajstić information content (AvgIpc) is 3.03. The van der Waals surface area contributed by atoms with Crippen LogP contribution in [0.15, 0.2) is 47.1 Å². The summed E-state index contributed by atoms with van der Waals surface area (Å²) < 4.78 is 24.3. The van der Waals surface area contributed by atoms with Crippen molar-refractivity contribution in [2.45, 2.75) is 33.2 Å². The quantitative estimate of drug-likeness (QED) is 0.698. The molecule has 1 N–H and O–H groups in total. The van der Waals surface area contributed by atoms with Crippen LogP contribution in [0.5, 0.6) is 11.6 Å². The van der Waals surface area contributed by atoms with Gasteiger partial charge in [0.1, 0.15) is 17.1 Å². The molecule has 1 aromatic carbocycles. The number of hydrogen-bond acceptors (Lipinski definition) is 5. The Balaban J connectivity index is 1.75. The Morgan fingerprint density at radius 1 is 1.30 bits per heavy atom. The van der Waals surface area contributed by atoms with Gasteiger partial charge in [-0.2, -0.15) is 0 Å². The summed E-state index contributed by atoms with van der Waals surface area (Å²) in [6.45, 7) is 5.79. The third-order valence-electron chi connectivity index (χ3n) is 3.94. The largest absolute Gasteiger partial charge is 0.439 e.